The summed E-state index contributed by atoms with van der Waals surface area (Å²) in [6.45, 7) is 4.71. The molecule has 0 saturated carbocycles. The highest BCUT2D eigenvalue weighted by atomic mass is 32.1. The minimum Gasteiger partial charge on any atom is -0.490 e. The van der Waals surface area contributed by atoms with Gasteiger partial charge in [-0.25, -0.2) is 4.98 Å². The van der Waals surface area contributed by atoms with Gasteiger partial charge in [-0.1, -0.05) is 0 Å². The SMILES string of the molecule is CCOc1ccc(C(=O)Nc2nc(-c3c[nH]c(C(N)=O)c3)cs2)cc1OCC. The van der Waals surface area contributed by atoms with Gasteiger partial charge in [0.25, 0.3) is 11.8 Å². The van der Waals surface area contributed by atoms with Gasteiger partial charge in [-0.3, -0.25) is 14.9 Å². The monoisotopic (exact) mass is 400 g/mol. The molecule has 1 aromatic carbocycles. The van der Waals surface area contributed by atoms with Crippen LogP contribution in [-0.4, -0.2) is 35.0 Å². The van der Waals surface area contributed by atoms with Crippen molar-refractivity contribution in [1.29, 1.82) is 0 Å². The molecule has 2 heterocycles. The number of primary amides is 1. The van der Waals surface area contributed by atoms with Gasteiger partial charge < -0.3 is 20.2 Å². The van der Waals surface area contributed by atoms with E-state index in [4.69, 9.17) is 15.2 Å². The van der Waals surface area contributed by atoms with E-state index in [1.165, 1.54) is 11.3 Å². The fourth-order valence-electron chi connectivity index (χ4n) is 2.51. The van der Waals surface area contributed by atoms with Gasteiger partial charge in [0.2, 0.25) is 0 Å². The molecule has 8 nitrogen and oxygen atoms in total. The highest BCUT2D eigenvalue weighted by Gasteiger charge is 2.14. The predicted octanol–water partition coefficient (Wildman–Crippen LogP) is 3.29. The number of nitrogens with zero attached hydrogens (tertiary/aromatic N) is 1. The molecule has 4 N–H and O–H groups in total. The smallest absolute Gasteiger partial charge is 0.265 e. The van der Waals surface area contributed by atoms with E-state index in [-0.39, 0.29) is 5.91 Å². The number of hydrogen-bond acceptors (Lipinski definition) is 6. The molecule has 0 atom stereocenters. The van der Waals surface area contributed by atoms with Crippen molar-refractivity contribution in [2.45, 2.75) is 13.8 Å². The maximum Gasteiger partial charge on any atom is 0.265 e. The predicted molar refractivity (Wildman–Crippen MR) is 107 cm³/mol. The number of rotatable bonds is 8. The van der Waals surface area contributed by atoms with Crippen LogP contribution in [0.2, 0.25) is 0 Å². The normalized spacial score (nSPS) is 10.5. The second kappa shape index (κ2) is 8.57. The minimum atomic E-state index is -0.546. The number of nitrogens with one attached hydrogen (secondary N) is 2. The summed E-state index contributed by atoms with van der Waals surface area (Å²) in [5.74, 6) is 0.255. The molecule has 2 amide bonds. The summed E-state index contributed by atoms with van der Waals surface area (Å²) in [4.78, 5) is 30.9. The standard InChI is InChI=1S/C19H20N4O4S/c1-3-26-15-6-5-11(8-16(15)27-4-2)18(25)23-19-22-14(10-28-19)12-7-13(17(20)24)21-9-12/h5-10,21H,3-4H2,1-2H3,(H2,20,24)(H,22,23,25). The van der Waals surface area contributed by atoms with Crippen LogP contribution in [0.1, 0.15) is 34.7 Å². The number of benzene rings is 1. The molecule has 0 saturated heterocycles. The van der Waals surface area contributed by atoms with Crippen molar-refractivity contribution in [3.05, 3.63) is 47.1 Å². The third kappa shape index (κ3) is 4.32. The van der Waals surface area contributed by atoms with E-state index in [0.29, 0.717) is 52.4 Å². The lowest BCUT2D eigenvalue weighted by atomic mass is 10.2. The zero-order valence-electron chi connectivity index (χ0n) is 15.4. The van der Waals surface area contributed by atoms with E-state index < -0.39 is 5.91 Å². The summed E-state index contributed by atoms with van der Waals surface area (Å²) < 4.78 is 11.1. The molecule has 0 aliphatic heterocycles. The Morgan fingerprint density at radius 2 is 1.93 bits per heavy atom. The Bertz CT molecular complexity index is 995. The number of anilines is 1. The number of aromatic amines is 1. The lowest BCUT2D eigenvalue weighted by Crippen LogP contribution is -2.12. The Labute approximate surface area is 165 Å². The number of amides is 2. The van der Waals surface area contributed by atoms with E-state index in [1.54, 1.807) is 35.8 Å². The van der Waals surface area contributed by atoms with Crippen LogP contribution in [0.15, 0.2) is 35.8 Å². The molecular formula is C19H20N4O4S. The van der Waals surface area contributed by atoms with Crippen molar-refractivity contribution in [2.75, 3.05) is 18.5 Å². The number of hydrogen-bond donors (Lipinski definition) is 3. The maximum atomic E-state index is 12.6. The van der Waals surface area contributed by atoms with Gasteiger partial charge in [-0.2, -0.15) is 0 Å². The number of nitrogens with two attached hydrogens (primary N) is 1. The average molecular weight is 400 g/mol. The molecule has 2 aromatic heterocycles. The van der Waals surface area contributed by atoms with Crippen molar-refractivity contribution in [1.82, 2.24) is 9.97 Å². The number of ether oxygens (including phenoxy) is 2. The van der Waals surface area contributed by atoms with Crippen molar-refractivity contribution in [2.24, 2.45) is 5.73 Å². The Morgan fingerprint density at radius 1 is 1.18 bits per heavy atom. The number of H-pyrrole nitrogens is 1. The number of aromatic nitrogens is 2. The minimum absolute atomic E-state index is 0.298. The topological polar surface area (TPSA) is 119 Å². The van der Waals surface area contributed by atoms with Gasteiger partial charge in [0, 0.05) is 22.7 Å². The summed E-state index contributed by atoms with van der Waals surface area (Å²) in [5.41, 5.74) is 7.31. The molecule has 146 valence electrons. The number of carbonyl (C=O) groups excluding carboxylic acids is 2. The summed E-state index contributed by atoms with van der Waals surface area (Å²) >= 11 is 1.28. The van der Waals surface area contributed by atoms with Crippen LogP contribution < -0.4 is 20.5 Å². The van der Waals surface area contributed by atoms with E-state index in [9.17, 15) is 9.59 Å². The lowest BCUT2D eigenvalue weighted by Gasteiger charge is -2.12. The molecule has 0 unspecified atom stereocenters. The highest BCUT2D eigenvalue weighted by Crippen LogP contribution is 2.30. The average Bonchev–Trinajstić information content (AvgIpc) is 3.33. The summed E-state index contributed by atoms with van der Waals surface area (Å²) in [5, 5.41) is 4.99. The van der Waals surface area contributed by atoms with Crippen LogP contribution in [-0.2, 0) is 0 Å². The van der Waals surface area contributed by atoms with Gasteiger partial charge in [0.1, 0.15) is 5.69 Å². The number of thiazole rings is 1. The molecule has 3 rings (SSSR count). The van der Waals surface area contributed by atoms with Crippen molar-refractivity contribution < 1.29 is 19.1 Å². The summed E-state index contributed by atoms with van der Waals surface area (Å²) in [7, 11) is 0. The molecule has 3 aromatic rings. The summed E-state index contributed by atoms with van der Waals surface area (Å²) in [6, 6.07) is 6.64. The van der Waals surface area contributed by atoms with Crippen LogP contribution >= 0.6 is 11.3 Å². The third-order valence-corrected chi connectivity index (χ3v) is 4.53. The van der Waals surface area contributed by atoms with E-state index >= 15 is 0 Å². The molecule has 0 fully saturated rings. The largest absolute Gasteiger partial charge is 0.490 e. The molecule has 9 heteroatoms. The molecule has 0 aliphatic carbocycles. The van der Waals surface area contributed by atoms with Crippen LogP contribution in [0.5, 0.6) is 11.5 Å². The Morgan fingerprint density at radius 3 is 2.61 bits per heavy atom. The van der Waals surface area contributed by atoms with Gasteiger partial charge >= 0.3 is 0 Å². The van der Waals surface area contributed by atoms with Gasteiger partial charge in [-0.15, -0.1) is 11.3 Å². The number of carbonyl (C=O) groups is 2. The first kappa shape index (κ1) is 19.4. The molecule has 0 aliphatic rings. The van der Waals surface area contributed by atoms with Crippen LogP contribution in [0.4, 0.5) is 5.13 Å². The van der Waals surface area contributed by atoms with Crippen LogP contribution in [0.3, 0.4) is 0 Å². The second-order valence-electron chi connectivity index (χ2n) is 5.69. The molecular weight excluding hydrogens is 380 g/mol. The molecule has 0 spiro atoms. The van der Waals surface area contributed by atoms with Gasteiger partial charge in [0.05, 0.1) is 18.9 Å². The van der Waals surface area contributed by atoms with E-state index in [0.717, 1.165) is 0 Å². The van der Waals surface area contributed by atoms with E-state index in [1.807, 2.05) is 13.8 Å². The third-order valence-electron chi connectivity index (χ3n) is 3.77. The first-order chi connectivity index (χ1) is 13.5. The Balaban J connectivity index is 1.75. The van der Waals surface area contributed by atoms with Crippen molar-refractivity contribution in [3.8, 4) is 22.8 Å². The van der Waals surface area contributed by atoms with E-state index in [2.05, 4.69) is 15.3 Å². The zero-order valence-corrected chi connectivity index (χ0v) is 16.3. The first-order valence-electron chi connectivity index (χ1n) is 8.67. The fourth-order valence-corrected chi connectivity index (χ4v) is 3.22. The fraction of sp³-hybridized carbons (Fsp3) is 0.211. The van der Waals surface area contributed by atoms with Gasteiger partial charge in [-0.05, 0) is 38.1 Å². The Kier molecular flexibility index (Phi) is 5.95. The van der Waals surface area contributed by atoms with Crippen LogP contribution in [0, 0.1) is 0 Å². The Hall–Kier alpha value is -3.33. The molecule has 28 heavy (non-hydrogen) atoms. The highest BCUT2D eigenvalue weighted by molar-refractivity contribution is 7.14. The maximum absolute atomic E-state index is 12.6. The quantitative estimate of drug-likeness (QED) is 0.536. The lowest BCUT2D eigenvalue weighted by molar-refractivity contribution is 0.0994. The van der Waals surface area contributed by atoms with Crippen molar-refractivity contribution >= 4 is 28.3 Å². The van der Waals surface area contributed by atoms with Crippen molar-refractivity contribution in [3.63, 3.8) is 0 Å². The zero-order chi connectivity index (χ0) is 20.1. The summed E-state index contributed by atoms with van der Waals surface area (Å²) in [6.07, 6.45) is 1.64. The molecule has 0 bridgehead atoms. The van der Waals surface area contributed by atoms with Crippen LogP contribution in [0.25, 0.3) is 11.3 Å². The van der Waals surface area contributed by atoms with Gasteiger partial charge in [0.15, 0.2) is 16.6 Å². The first-order valence-corrected chi connectivity index (χ1v) is 9.54. The second-order valence-corrected chi connectivity index (χ2v) is 6.54. The molecule has 0 radical (unpaired) electrons.